The van der Waals surface area contributed by atoms with Crippen molar-refractivity contribution in [2.24, 2.45) is 0 Å². The summed E-state index contributed by atoms with van der Waals surface area (Å²) >= 11 is 0. The third-order valence-corrected chi connectivity index (χ3v) is 5.87. The average molecular weight is 404 g/mol. The van der Waals surface area contributed by atoms with E-state index in [-0.39, 0.29) is 17.3 Å². The van der Waals surface area contributed by atoms with Gasteiger partial charge >= 0.3 is 0 Å². The SMILES string of the molecule is COc1cccc(OC)c1/C=C/C(=O)NCc1ccc(S(=O)(=O)N(C)C)cc1. The molecule has 2 rings (SSSR count). The van der Waals surface area contributed by atoms with Crippen molar-refractivity contribution in [3.63, 3.8) is 0 Å². The highest BCUT2D eigenvalue weighted by molar-refractivity contribution is 7.89. The van der Waals surface area contributed by atoms with Crippen molar-refractivity contribution in [3.05, 3.63) is 59.7 Å². The molecule has 0 saturated heterocycles. The number of carbonyl (C=O) groups excluding carboxylic acids is 1. The van der Waals surface area contributed by atoms with Gasteiger partial charge in [-0.05, 0) is 35.9 Å². The van der Waals surface area contributed by atoms with Crippen LogP contribution < -0.4 is 14.8 Å². The summed E-state index contributed by atoms with van der Waals surface area (Å²) in [5.41, 5.74) is 1.45. The van der Waals surface area contributed by atoms with Gasteiger partial charge in [-0.1, -0.05) is 18.2 Å². The van der Waals surface area contributed by atoms with Gasteiger partial charge in [-0.2, -0.15) is 0 Å². The normalized spacial score (nSPS) is 11.6. The first kappa shape index (κ1) is 21.5. The first-order valence-electron chi connectivity index (χ1n) is 8.48. The van der Waals surface area contributed by atoms with E-state index in [1.54, 1.807) is 50.6 Å². The van der Waals surface area contributed by atoms with E-state index in [0.29, 0.717) is 17.1 Å². The molecule has 0 fully saturated rings. The van der Waals surface area contributed by atoms with Crippen LogP contribution in [0.25, 0.3) is 6.08 Å². The van der Waals surface area contributed by atoms with E-state index in [1.807, 2.05) is 0 Å². The second-order valence-corrected chi connectivity index (χ2v) is 8.21. The van der Waals surface area contributed by atoms with Crippen LogP contribution in [-0.2, 0) is 21.4 Å². The molecule has 0 heterocycles. The van der Waals surface area contributed by atoms with Crippen LogP contribution in [0.3, 0.4) is 0 Å². The highest BCUT2D eigenvalue weighted by Crippen LogP contribution is 2.29. The Morgan fingerprint density at radius 1 is 1.04 bits per heavy atom. The minimum absolute atomic E-state index is 0.204. The van der Waals surface area contributed by atoms with E-state index < -0.39 is 10.0 Å². The zero-order valence-corrected chi connectivity index (χ0v) is 17.1. The molecule has 2 aromatic carbocycles. The first-order valence-corrected chi connectivity index (χ1v) is 9.92. The van der Waals surface area contributed by atoms with Gasteiger partial charge in [0, 0.05) is 26.7 Å². The fourth-order valence-corrected chi connectivity index (χ4v) is 3.34. The van der Waals surface area contributed by atoms with Gasteiger partial charge < -0.3 is 14.8 Å². The number of hydrogen-bond acceptors (Lipinski definition) is 5. The van der Waals surface area contributed by atoms with Crippen molar-refractivity contribution < 1.29 is 22.7 Å². The molecule has 150 valence electrons. The molecular weight excluding hydrogens is 380 g/mol. The standard InChI is InChI=1S/C20H24N2O5S/c1-22(2)28(24,25)16-10-8-15(9-11-16)14-21-20(23)13-12-17-18(26-3)6-5-7-19(17)27-4/h5-13H,14H2,1-4H3,(H,21,23)/b13-12+. The van der Waals surface area contributed by atoms with Crippen molar-refractivity contribution in [3.8, 4) is 11.5 Å². The highest BCUT2D eigenvalue weighted by atomic mass is 32.2. The summed E-state index contributed by atoms with van der Waals surface area (Å²) in [7, 11) is 2.59. The number of benzene rings is 2. The fraction of sp³-hybridized carbons (Fsp3) is 0.250. The van der Waals surface area contributed by atoms with Gasteiger partial charge in [0.1, 0.15) is 11.5 Å². The van der Waals surface area contributed by atoms with E-state index in [0.717, 1.165) is 9.87 Å². The molecule has 0 spiro atoms. The molecule has 2 aromatic rings. The number of carbonyl (C=O) groups is 1. The van der Waals surface area contributed by atoms with E-state index in [2.05, 4.69) is 5.32 Å². The second-order valence-electron chi connectivity index (χ2n) is 6.06. The smallest absolute Gasteiger partial charge is 0.244 e. The van der Waals surface area contributed by atoms with Gasteiger partial charge in [0.15, 0.2) is 0 Å². The van der Waals surface area contributed by atoms with Crippen LogP contribution in [0.2, 0.25) is 0 Å². The highest BCUT2D eigenvalue weighted by Gasteiger charge is 2.16. The summed E-state index contributed by atoms with van der Waals surface area (Å²) in [6, 6.07) is 11.7. The molecule has 7 nitrogen and oxygen atoms in total. The minimum Gasteiger partial charge on any atom is -0.496 e. The quantitative estimate of drug-likeness (QED) is 0.683. The topological polar surface area (TPSA) is 84.9 Å². The maximum Gasteiger partial charge on any atom is 0.244 e. The Labute approximate surface area is 165 Å². The Hall–Kier alpha value is -2.84. The van der Waals surface area contributed by atoms with E-state index in [9.17, 15) is 13.2 Å². The summed E-state index contributed by atoms with van der Waals surface area (Å²) in [6.07, 6.45) is 3.02. The maximum absolute atomic E-state index is 12.1. The van der Waals surface area contributed by atoms with Gasteiger partial charge in [-0.3, -0.25) is 4.79 Å². The first-order chi connectivity index (χ1) is 13.3. The lowest BCUT2D eigenvalue weighted by molar-refractivity contribution is -0.116. The molecule has 0 radical (unpaired) electrons. The molecule has 28 heavy (non-hydrogen) atoms. The molecule has 0 bridgehead atoms. The van der Waals surface area contributed by atoms with Crippen molar-refractivity contribution >= 4 is 22.0 Å². The Kier molecular flexibility index (Phi) is 7.19. The molecule has 0 saturated carbocycles. The largest absolute Gasteiger partial charge is 0.496 e. The van der Waals surface area contributed by atoms with Crippen LogP contribution in [0.4, 0.5) is 0 Å². The van der Waals surface area contributed by atoms with Crippen LogP contribution in [0.5, 0.6) is 11.5 Å². The van der Waals surface area contributed by atoms with E-state index >= 15 is 0 Å². The number of ether oxygens (including phenoxy) is 2. The van der Waals surface area contributed by atoms with Crippen LogP contribution in [0.1, 0.15) is 11.1 Å². The predicted octanol–water partition coefficient (Wildman–Crippen LogP) is 2.28. The molecule has 1 N–H and O–H groups in total. The molecule has 8 heteroatoms. The number of methoxy groups -OCH3 is 2. The number of nitrogens with one attached hydrogen (secondary N) is 1. The second kappa shape index (κ2) is 9.38. The zero-order valence-electron chi connectivity index (χ0n) is 16.3. The van der Waals surface area contributed by atoms with Gasteiger partial charge in [0.05, 0.1) is 24.7 Å². The molecular formula is C20H24N2O5S. The zero-order chi connectivity index (χ0) is 20.7. The Balaban J connectivity index is 2.03. The van der Waals surface area contributed by atoms with Gasteiger partial charge in [-0.15, -0.1) is 0 Å². The summed E-state index contributed by atoms with van der Waals surface area (Å²) < 4.78 is 35.9. The summed E-state index contributed by atoms with van der Waals surface area (Å²) in [5, 5.41) is 2.76. The van der Waals surface area contributed by atoms with Crippen molar-refractivity contribution in [2.45, 2.75) is 11.4 Å². The van der Waals surface area contributed by atoms with Gasteiger partial charge in [0.25, 0.3) is 0 Å². The summed E-state index contributed by atoms with van der Waals surface area (Å²) in [4.78, 5) is 12.3. The molecule has 0 unspecified atom stereocenters. The van der Waals surface area contributed by atoms with E-state index in [4.69, 9.17) is 9.47 Å². The number of hydrogen-bond donors (Lipinski definition) is 1. The number of sulfonamides is 1. The van der Waals surface area contributed by atoms with Gasteiger partial charge in [0.2, 0.25) is 15.9 Å². The van der Waals surface area contributed by atoms with Crippen molar-refractivity contribution in [1.29, 1.82) is 0 Å². The number of rotatable bonds is 8. The number of amides is 1. The van der Waals surface area contributed by atoms with E-state index in [1.165, 1.54) is 32.3 Å². The molecule has 0 atom stereocenters. The Morgan fingerprint density at radius 3 is 2.11 bits per heavy atom. The molecule has 0 aliphatic rings. The lowest BCUT2D eigenvalue weighted by Gasteiger charge is -2.11. The molecule has 1 amide bonds. The Morgan fingerprint density at radius 2 is 1.61 bits per heavy atom. The van der Waals surface area contributed by atoms with Crippen LogP contribution in [-0.4, -0.2) is 46.9 Å². The van der Waals surface area contributed by atoms with Crippen LogP contribution in [0, 0.1) is 0 Å². The maximum atomic E-state index is 12.1. The molecule has 0 aliphatic heterocycles. The Bertz CT molecular complexity index is 929. The van der Waals surface area contributed by atoms with Gasteiger partial charge in [-0.25, -0.2) is 12.7 Å². The molecule has 0 aromatic heterocycles. The lowest BCUT2D eigenvalue weighted by atomic mass is 10.1. The van der Waals surface area contributed by atoms with Crippen molar-refractivity contribution in [2.75, 3.05) is 28.3 Å². The summed E-state index contributed by atoms with van der Waals surface area (Å²) in [5.74, 6) is 0.903. The third kappa shape index (κ3) is 5.11. The number of nitrogens with zero attached hydrogens (tertiary/aromatic N) is 1. The van der Waals surface area contributed by atoms with Crippen LogP contribution in [0.15, 0.2) is 53.4 Å². The van der Waals surface area contributed by atoms with Crippen molar-refractivity contribution in [1.82, 2.24) is 9.62 Å². The lowest BCUT2D eigenvalue weighted by Crippen LogP contribution is -2.22. The average Bonchev–Trinajstić information content (AvgIpc) is 2.70. The monoisotopic (exact) mass is 404 g/mol. The summed E-state index contributed by atoms with van der Waals surface area (Å²) in [6.45, 7) is 0.272. The predicted molar refractivity (Wildman–Crippen MR) is 108 cm³/mol. The van der Waals surface area contributed by atoms with Crippen LogP contribution >= 0.6 is 0 Å². The minimum atomic E-state index is -3.47. The fourth-order valence-electron chi connectivity index (χ4n) is 2.44. The third-order valence-electron chi connectivity index (χ3n) is 4.04. The molecule has 0 aliphatic carbocycles.